The highest BCUT2D eigenvalue weighted by Crippen LogP contribution is 2.20. The lowest BCUT2D eigenvalue weighted by Gasteiger charge is -2.24. The maximum Gasteiger partial charge on any atom is 0.225 e. The molecule has 1 fully saturated rings. The Morgan fingerprint density at radius 1 is 1.47 bits per heavy atom. The van der Waals surface area contributed by atoms with Gasteiger partial charge in [0.15, 0.2) is 0 Å². The zero-order valence-corrected chi connectivity index (χ0v) is 10.3. The molecular weight excluding hydrogens is 216 g/mol. The van der Waals surface area contributed by atoms with Crippen LogP contribution in [0.4, 0.5) is 5.95 Å². The lowest BCUT2D eigenvalue weighted by Crippen LogP contribution is -2.39. The minimum atomic E-state index is 0.509. The summed E-state index contributed by atoms with van der Waals surface area (Å²) in [5, 5.41) is 3.41. The third-order valence-corrected chi connectivity index (χ3v) is 3.05. The van der Waals surface area contributed by atoms with Gasteiger partial charge in [-0.3, -0.25) is 0 Å². The van der Waals surface area contributed by atoms with Crippen LogP contribution >= 0.6 is 0 Å². The number of aromatic nitrogens is 2. The number of hydrogen-bond acceptors (Lipinski definition) is 5. The van der Waals surface area contributed by atoms with Gasteiger partial charge in [-0.05, 0) is 18.9 Å². The van der Waals surface area contributed by atoms with Crippen molar-refractivity contribution in [2.24, 2.45) is 0 Å². The average Bonchev–Trinajstić information content (AvgIpc) is 2.84. The minimum absolute atomic E-state index is 0.509. The second-order valence-electron chi connectivity index (χ2n) is 4.24. The molecule has 0 bridgehead atoms. The van der Waals surface area contributed by atoms with Crippen molar-refractivity contribution in [3.8, 4) is 0 Å². The smallest absolute Gasteiger partial charge is 0.225 e. The van der Waals surface area contributed by atoms with Crippen molar-refractivity contribution >= 4 is 5.95 Å². The summed E-state index contributed by atoms with van der Waals surface area (Å²) in [5.41, 5.74) is 0. The number of ether oxygens (including phenoxy) is 1. The lowest BCUT2D eigenvalue weighted by atomic mass is 10.2. The van der Waals surface area contributed by atoms with Gasteiger partial charge in [0, 0.05) is 45.2 Å². The molecule has 1 aromatic heterocycles. The normalized spacial score (nSPS) is 19.8. The van der Waals surface area contributed by atoms with Crippen LogP contribution in [0.5, 0.6) is 0 Å². The second kappa shape index (κ2) is 6.51. The van der Waals surface area contributed by atoms with Gasteiger partial charge in [0.2, 0.25) is 5.95 Å². The van der Waals surface area contributed by atoms with Gasteiger partial charge in [0.25, 0.3) is 0 Å². The largest absolute Gasteiger partial charge is 0.383 e. The fourth-order valence-corrected chi connectivity index (χ4v) is 2.19. The van der Waals surface area contributed by atoms with E-state index >= 15 is 0 Å². The summed E-state index contributed by atoms with van der Waals surface area (Å²) in [4.78, 5) is 10.9. The van der Waals surface area contributed by atoms with Crippen LogP contribution in [-0.2, 0) is 4.74 Å². The summed E-state index contributed by atoms with van der Waals surface area (Å²) < 4.78 is 5.02. The summed E-state index contributed by atoms with van der Waals surface area (Å²) in [7, 11) is 1.72. The third kappa shape index (κ3) is 3.38. The Morgan fingerprint density at radius 3 is 3.06 bits per heavy atom. The van der Waals surface area contributed by atoms with Gasteiger partial charge in [-0.25, -0.2) is 9.97 Å². The summed E-state index contributed by atoms with van der Waals surface area (Å²) in [6, 6.07) is 2.36. The van der Waals surface area contributed by atoms with Crippen LogP contribution in [0, 0.1) is 0 Å². The molecule has 94 valence electrons. The summed E-state index contributed by atoms with van der Waals surface area (Å²) >= 11 is 0. The molecular formula is C12H20N4O. The highest BCUT2D eigenvalue weighted by atomic mass is 16.5. The fourth-order valence-electron chi connectivity index (χ4n) is 2.19. The molecule has 0 saturated carbocycles. The van der Waals surface area contributed by atoms with Gasteiger partial charge in [-0.2, -0.15) is 0 Å². The topological polar surface area (TPSA) is 50.3 Å². The molecule has 1 atom stereocenters. The van der Waals surface area contributed by atoms with E-state index in [0.717, 1.165) is 32.2 Å². The quantitative estimate of drug-likeness (QED) is 0.736. The Bertz CT molecular complexity index is 320. The standard InChI is InChI=1S/C12H20N4O/c1-17-9-7-13-10-11-4-2-8-16(11)12-14-5-3-6-15-12/h3,5-6,11,13H,2,4,7-10H2,1H3. The molecule has 1 unspecified atom stereocenters. The van der Waals surface area contributed by atoms with E-state index in [1.807, 2.05) is 6.07 Å². The first-order chi connectivity index (χ1) is 8.42. The van der Waals surface area contributed by atoms with E-state index in [9.17, 15) is 0 Å². The predicted octanol–water partition coefficient (Wildman–Crippen LogP) is 0.681. The van der Waals surface area contributed by atoms with Crippen molar-refractivity contribution < 1.29 is 4.74 Å². The molecule has 1 aromatic rings. The molecule has 2 rings (SSSR count). The molecule has 5 nitrogen and oxygen atoms in total. The monoisotopic (exact) mass is 236 g/mol. The van der Waals surface area contributed by atoms with E-state index in [4.69, 9.17) is 4.74 Å². The molecule has 1 aliphatic heterocycles. The second-order valence-corrected chi connectivity index (χ2v) is 4.24. The number of nitrogens with zero attached hydrogens (tertiary/aromatic N) is 3. The molecule has 0 amide bonds. The summed E-state index contributed by atoms with van der Waals surface area (Å²) in [5.74, 6) is 0.851. The van der Waals surface area contributed by atoms with Gasteiger partial charge >= 0.3 is 0 Å². The van der Waals surface area contributed by atoms with E-state index in [0.29, 0.717) is 6.04 Å². The number of rotatable bonds is 6. The molecule has 1 aliphatic rings. The van der Waals surface area contributed by atoms with Crippen LogP contribution in [0.3, 0.4) is 0 Å². The van der Waals surface area contributed by atoms with Crippen LogP contribution in [0.1, 0.15) is 12.8 Å². The Hall–Kier alpha value is -1.20. The van der Waals surface area contributed by atoms with Gasteiger partial charge in [-0.1, -0.05) is 0 Å². The van der Waals surface area contributed by atoms with E-state index < -0.39 is 0 Å². The maximum atomic E-state index is 5.02. The molecule has 0 radical (unpaired) electrons. The molecule has 0 aromatic carbocycles. The van der Waals surface area contributed by atoms with Crippen LogP contribution in [-0.4, -0.2) is 49.4 Å². The molecule has 1 N–H and O–H groups in total. The van der Waals surface area contributed by atoms with E-state index in [1.165, 1.54) is 12.8 Å². The van der Waals surface area contributed by atoms with Crippen LogP contribution < -0.4 is 10.2 Å². The molecule has 0 aliphatic carbocycles. The minimum Gasteiger partial charge on any atom is -0.383 e. The molecule has 5 heteroatoms. The first-order valence-corrected chi connectivity index (χ1v) is 6.15. The van der Waals surface area contributed by atoms with Crippen molar-refractivity contribution in [2.75, 3.05) is 38.3 Å². The Labute approximate surface area is 102 Å². The van der Waals surface area contributed by atoms with Gasteiger partial charge in [-0.15, -0.1) is 0 Å². The number of methoxy groups -OCH3 is 1. The SMILES string of the molecule is COCCNCC1CCCN1c1ncccn1. The van der Waals surface area contributed by atoms with Crippen LogP contribution in [0.25, 0.3) is 0 Å². The van der Waals surface area contributed by atoms with Crippen molar-refractivity contribution in [1.29, 1.82) is 0 Å². The maximum absolute atomic E-state index is 5.02. The van der Waals surface area contributed by atoms with E-state index in [1.54, 1.807) is 19.5 Å². The Morgan fingerprint density at radius 2 is 2.29 bits per heavy atom. The van der Waals surface area contributed by atoms with Crippen molar-refractivity contribution in [3.63, 3.8) is 0 Å². The number of nitrogens with one attached hydrogen (secondary N) is 1. The molecule has 0 spiro atoms. The van der Waals surface area contributed by atoms with E-state index in [-0.39, 0.29) is 0 Å². The van der Waals surface area contributed by atoms with Gasteiger partial charge < -0.3 is 15.0 Å². The van der Waals surface area contributed by atoms with Crippen LogP contribution in [0.15, 0.2) is 18.5 Å². The Kier molecular flexibility index (Phi) is 4.70. The fraction of sp³-hybridized carbons (Fsp3) is 0.667. The summed E-state index contributed by atoms with van der Waals surface area (Å²) in [6.07, 6.45) is 6.03. The highest BCUT2D eigenvalue weighted by molar-refractivity contribution is 5.32. The first-order valence-electron chi connectivity index (χ1n) is 6.15. The number of hydrogen-bond donors (Lipinski definition) is 1. The molecule has 17 heavy (non-hydrogen) atoms. The van der Waals surface area contributed by atoms with Crippen molar-refractivity contribution in [1.82, 2.24) is 15.3 Å². The van der Waals surface area contributed by atoms with Crippen molar-refractivity contribution in [2.45, 2.75) is 18.9 Å². The highest BCUT2D eigenvalue weighted by Gasteiger charge is 2.25. The lowest BCUT2D eigenvalue weighted by molar-refractivity contribution is 0.199. The van der Waals surface area contributed by atoms with Gasteiger partial charge in [0.1, 0.15) is 0 Å². The zero-order chi connectivity index (χ0) is 11.9. The van der Waals surface area contributed by atoms with Gasteiger partial charge in [0.05, 0.1) is 6.61 Å². The van der Waals surface area contributed by atoms with Crippen LogP contribution in [0.2, 0.25) is 0 Å². The van der Waals surface area contributed by atoms with E-state index in [2.05, 4.69) is 20.2 Å². The Balaban J connectivity index is 1.85. The number of anilines is 1. The van der Waals surface area contributed by atoms with Crippen molar-refractivity contribution in [3.05, 3.63) is 18.5 Å². The summed E-state index contributed by atoms with van der Waals surface area (Å²) in [6.45, 7) is 3.69. The predicted molar refractivity (Wildman–Crippen MR) is 67.1 cm³/mol. The third-order valence-electron chi connectivity index (χ3n) is 3.05. The average molecular weight is 236 g/mol. The first kappa shape index (κ1) is 12.3. The molecule has 1 saturated heterocycles. The zero-order valence-electron chi connectivity index (χ0n) is 10.3. The molecule has 2 heterocycles.